The standard InChI is InChI=1S/C66H124O6/c1-4-7-10-13-16-19-22-25-28-29-30-31-32-33-34-35-36-37-39-41-44-47-50-53-56-59-65(68)71-62-63(61-70-64(67)58-55-52-49-46-43-40-27-24-21-18-15-12-9-6-3)72-66(69)60-57-54-51-48-45-42-38-26-23-20-17-14-11-8-5-2/h15,18,24,27,63H,4-14,16-17,19-23,25-26,28-62H2,1-3H3/b18-15-,27-24-. The summed E-state index contributed by atoms with van der Waals surface area (Å²) in [5.74, 6) is -0.857. The van der Waals surface area contributed by atoms with Crippen LogP contribution < -0.4 is 0 Å². The molecule has 0 heterocycles. The Kier molecular flexibility index (Phi) is 59.6. The van der Waals surface area contributed by atoms with Gasteiger partial charge in [-0.05, 0) is 44.9 Å². The van der Waals surface area contributed by atoms with E-state index in [2.05, 4.69) is 45.1 Å². The summed E-state index contributed by atoms with van der Waals surface area (Å²) in [4.78, 5) is 38.3. The molecule has 0 aliphatic heterocycles. The summed E-state index contributed by atoms with van der Waals surface area (Å²) in [6, 6.07) is 0. The van der Waals surface area contributed by atoms with Crippen LogP contribution in [0.5, 0.6) is 0 Å². The zero-order chi connectivity index (χ0) is 52.2. The second kappa shape index (κ2) is 61.4. The topological polar surface area (TPSA) is 78.9 Å². The van der Waals surface area contributed by atoms with Crippen LogP contribution in [-0.4, -0.2) is 37.2 Å². The molecule has 0 saturated heterocycles. The van der Waals surface area contributed by atoms with Gasteiger partial charge in [-0.15, -0.1) is 0 Å². The fourth-order valence-corrected chi connectivity index (χ4v) is 9.82. The molecule has 0 aliphatic rings. The minimum absolute atomic E-state index is 0.0697. The number of hydrogen-bond acceptors (Lipinski definition) is 6. The van der Waals surface area contributed by atoms with Crippen molar-refractivity contribution in [1.82, 2.24) is 0 Å². The van der Waals surface area contributed by atoms with Crippen molar-refractivity contribution in [2.24, 2.45) is 0 Å². The lowest BCUT2D eigenvalue weighted by molar-refractivity contribution is -0.167. The van der Waals surface area contributed by atoms with Crippen LogP contribution in [0.15, 0.2) is 24.3 Å². The number of ether oxygens (including phenoxy) is 3. The van der Waals surface area contributed by atoms with Crippen LogP contribution in [-0.2, 0) is 28.6 Å². The number of carbonyl (C=O) groups excluding carboxylic acids is 3. The van der Waals surface area contributed by atoms with Crippen LogP contribution in [0.4, 0.5) is 0 Å². The van der Waals surface area contributed by atoms with Gasteiger partial charge in [-0.3, -0.25) is 14.4 Å². The lowest BCUT2D eigenvalue weighted by Crippen LogP contribution is -2.30. The van der Waals surface area contributed by atoms with Crippen molar-refractivity contribution in [1.29, 1.82) is 0 Å². The van der Waals surface area contributed by atoms with Crippen molar-refractivity contribution in [2.45, 2.75) is 367 Å². The summed E-state index contributed by atoms with van der Waals surface area (Å²) in [5.41, 5.74) is 0. The molecule has 0 aromatic carbocycles. The Bertz CT molecular complexity index is 1160. The minimum Gasteiger partial charge on any atom is -0.462 e. The number of allylic oxidation sites excluding steroid dienone is 4. The van der Waals surface area contributed by atoms with Gasteiger partial charge in [0.15, 0.2) is 6.10 Å². The molecular weight excluding hydrogens is 889 g/mol. The maximum Gasteiger partial charge on any atom is 0.306 e. The molecule has 6 heteroatoms. The van der Waals surface area contributed by atoms with Gasteiger partial charge in [0.05, 0.1) is 0 Å². The number of esters is 3. The van der Waals surface area contributed by atoms with Gasteiger partial charge in [-0.1, -0.05) is 321 Å². The van der Waals surface area contributed by atoms with Crippen molar-refractivity contribution < 1.29 is 28.6 Å². The molecule has 0 aromatic heterocycles. The van der Waals surface area contributed by atoms with Crippen LogP contribution in [0.25, 0.3) is 0 Å². The van der Waals surface area contributed by atoms with Gasteiger partial charge in [0.2, 0.25) is 0 Å². The molecule has 0 radical (unpaired) electrons. The van der Waals surface area contributed by atoms with E-state index in [-0.39, 0.29) is 31.1 Å². The molecule has 0 aromatic rings. The highest BCUT2D eigenvalue weighted by Crippen LogP contribution is 2.18. The molecule has 72 heavy (non-hydrogen) atoms. The molecule has 0 saturated carbocycles. The first-order valence-electron chi connectivity index (χ1n) is 32.3. The molecule has 0 amide bonds. The van der Waals surface area contributed by atoms with Crippen molar-refractivity contribution in [2.75, 3.05) is 13.2 Å². The second-order valence-corrected chi connectivity index (χ2v) is 22.0. The Morgan fingerprint density at radius 3 is 0.806 bits per heavy atom. The van der Waals surface area contributed by atoms with Gasteiger partial charge in [0.25, 0.3) is 0 Å². The summed E-state index contributed by atoms with van der Waals surface area (Å²) in [7, 11) is 0. The van der Waals surface area contributed by atoms with Crippen molar-refractivity contribution in [3.05, 3.63) is 24.3 Å². The predicted molar refractivity (Wildman–Crippen MR) is 312 cm³/mol. The van der Waals surface area contributed by atoms with Crippen molar-refractivity contribution in [3.8, 4) is 0 Å². The molecule has 0 bridgehead atoms. The van der Waals surface area contributed by atoms with Gasteiger partial charge in [-0.2, -0.15) is 0 Å². The quantitative estimate of drug-likeness (QED) is 0.0261. The zero-order valence-electron chi connectivity index (χ0n) is 48.7. The average molecular weight is 1010 g/mol. The highest BCUT2D eigenvalue weighted by Gasteiger charge is 2.19. The Hall–Kier alpha value is -2.11. The van der Waals surface area contributed by atoms with Gasteiger partial charge in [0.1, 0.15) is 13.2 Å². The van der Waals surface area contributed by atoms with Crippen LogP contribution in [0.1, 0.15) is 361 Å². The highest BCUT2D eigenvalue weighted by molar-refractivity contribution is 5.71. The third-order valence-corrected chi connectivity index (χ3v) is 14.7. The normalized spacial score (nSPS) is 12.1. The summed E-state index contributed by atoms with van der Waals surface area (Å²) in [6.45, 7) is 6.66. The predicted octanol–water partition coefficient (Wildman–Crippen LogP) is 21.8. The van der Waals surface area contributed by atoms with Gasteiger partial charge >= 0.3 is 17.9 Å². The van der Waals surface area contributed by atoms with E-state index in [0.29, 0.717) is 19.3 Å². The van der Waals surface area contributed by atoms with E-state index in [1.807, 2.05) is 0 Å². The van der Waals surface area contributed by atoms with E-state index < -0.39 is 6.10 Å². The van der Waals surface area contributed by atoms with E-state index in [0.717, 1.165) is 77.0 Å². The molecule has 0 rings (SSSR count). The Labute approximate surface area is 449 Å². The Balaban J connectivity index is 4.21. The lowest BCUT2D eigenvalue weighted by atomic mass is 10.0. The fraction of sp³-hybridized carbons (Fsp3) is 0.894. The molecule has 424 valence electrons. The van der Waals surface area contributed by atoms with Crippen LogP contribution in [0.3, 0.4) is 0 Å². The fourth-order valence-electron chi connectivity index (χ4n) is 9.82. The Morgan fingerprint density at radius 2 is 0.514 bits per heavy atom. The SMILES string of the molecule is CCCC/C=C\C/C=C\CCCCCCCC(=O)OCC(COC(=O)CCCCCCCCCCCCCCCCCCCCCCCCCCC)OC(=O)CCCCCCCCCCCCCCCCC. The number of carbonyl (C=O) groups is 3. The molecule has 1 atom stereocenters. The number of unbranched alkanes of at least 4 members (excludes halogenated alkanes) is 45. The van der Waals surface area contributed by atoms with Crippen molar-refractivity contribution in [3.63, 3.8) is 0 Å². The Morgan fingerprint density at radius 1 is 0.278 bits per heavy atom. The summed E-state index contributed by atoms with van der Waals surface area (Å²) in [6.07, 6.45) is 73.4. The zero-order valence-corrected chi connectivity index (χ0v) is 48.7. The lowest BCUT2D eigenvalue weighted by Gasteiger charge is -2.18. The third kappa shape index (κ3) is 58.8. The molecule has 6 nitrogen and oxygen atoms in total. The van der Waals surface area contributed by atoms with Crippen molar-refractivity contribution >= 4 is 17.9 Å². The summed E-state index contributed by atoms with van der Waals surface area (Å²) < 4.78 is 16.9. The molecule has 0 spiro atoms. The smallest absolute Gasteiger partial charge is 0.306 e. The van der Waals surface area contributed by atoms with E-state index >= 15 is 0 Å². The summed E-state index contributed by atoms with van der Waals surface area (Å²) in [5, 5.41) is 0. The molecule has 1 unspecified atom stereocenters. The monoisotopic (exact) mass is 1010 g/mol. The highest BCUT2D eigenvalue weighted by atomic mass is 16.6. The minimum atomic E-state index is -0.773. The van der Waals surface area contributed by atoms with Gasteiger partial charge in [-0.25, -0.2) is 0 Å². The van der Waals surface area contributed by atoms with Gasteiger partial charge < -0.3 is 14.2 Å². The first-order chi connectivity index (χ1) is 35.5. The van der Waals surface area contributed by atoms with Crippen LogP contribution in [0, 0.1) is 0 Å². The van der Waals surface area contributed by atoms with Crippen LogP contribution >= 0.6 is 0 Å². The first kappa shape index (κ1) is 69.9. The molecular formula is C66H124O6. The first-order valence-corrected chi connectivity index (χ1v) is 32.3. The molecule has 0 N–H and O–H groups in total. The largest absolute Gasteiger partial charge is 0.462 e. The van der Waals surface area contributed by atoms with E-state index in [1.54, 1.807) is 0 Å². The molecule has 0 aliphatic carbocycles. The van der Waals surface area contributed by atoms with Crippen LogP contribution in [0.2, 0.25) is 0 Å². The third-order valence-electron chi connectivity index (χ3n) is 14.7. The average Bonchev–Trinajstić information content (AvgIpc) is 3.38. The number of rotatable bonds is 60. The molecule has 0 fully saturated rings. The van der Waals surface area contributed by atoms with E-state index in [9.17, 15) is 14.4 Å². The van der Waals surface area contributed by atoms with E-state index in [1.165, 1.54) is 244 Å². The number of hydrogen-bond donors (Lipinski definition) is 0. The second-order valence-electron chi connectivity index (χ2n) is 22.0. The summed E-state index contributed by atoms with van der Waals surface area (Å²) >= 11 is 0. The maximum atomic E-state index is 12.9. The van der Waals surface area contributed by atoms with Gasteiger partial charge in [0, 0.05) is 19.3 Å². The van der Waals surface area contributed by atoms with E-state index in [4.69, 9.17) is 14.2 Å². The maximum absolute atomic E-state index is 12.9.